The van der Waals surface area contributed by atoms with Crippen molar-refractivity contribution in [2.75, 3.05) is 25.0 Å². The van der Waals surface area contributed by atoms with E-state index in [1.165, 1.54) is 31.5 Å². The number of nitrogens with zero attached hydrogens (tertiary/aromatic N) is 1. The summed E-state index contributed by atoms with van der Waals surface area (Å²) in [5.74, 6) is 0.723. The molecular formula is C23H28Cl2N3O+. The molecule has 0 saturated carbocycles. The zero-order valence-electron chi connectivity index (χ0n) is 16.8. The van der Waals surface area contributed by atoms with Gasteiger partial charge < -0.3 is 14.6 Å². The van der Waals surface area contributed by atoms with E-state index in [4.69, 9.17) is 27.6 Å². The molecule has 0 spiro atoms. The van der Waals surface area contributed by atoms with Crippen LogP contribution < -0.4 is 10.2 Å². The highest BCUT2D eigenvalue weighted by Crippen LogP contribution is 2.25. The quantitative estimate of drug-likeness (QED) is 0.559. The number of rotatable bonds is 7. The third kappa shape index (κ3) is 5.25. The molecule has 2 N–H and O–H groups in total. The molecule has 1 fully saturated rings. The summed E-state index contributed by atoms with van der Waals surface area (Å²) in [5, 5.41) is 4.79. The van der Waals surface area contributed by atoms with Gasteiger partial charge in [-0.3, -0.25) is 0 Å². The van der Waals surface area contributed by atoms with Crippen LogP contribution in [0.3, 0.4) is 0 Å². The van der Waals surface area contributed by atoms with Gasteiger partial charge >= 0.3 is 0 Å². The average Bonchev–Trinajstić information content (AvgIpc) is 3.14. The van der Waals surface area contributed by atoms with Gasteiger partial charge in [-0.15, -0.1) is 0 Å². The molecule has 1 aromatic heterocycles. The second kappa shape index (κ2) is 9.38. The molecule has 1 aliphatic rings. The monoisotopic (exact) mass is 432 g/mol. The smallest absolute Gasteiger partial charge is 0.296 e. The number of anilines is 1. The molecule has 29 heavy (non-hydrogen) atoms. The number of oxazole rings is 1. The van der Waals surface area contributed by atoms with E-state index >= 15 is 0 Å². The highest BCUT2D eigenvalue weighted by atomic mass is 35.5. The summed E-state index contributed by atoms with van der Waals surface area (Å²) in [7, 11) is 0. The molecule has 0 amide bonds. The summed E-state index contributed by atoms with van der Waals surface area (Å²) >= 11 is 12.2. The Bertz CT molecular complexity index is 917. The minimum atomic E-state index is 0.365. The number of piperidine rings is 1. The van der Waals surface area contributed by atoms with E-state index in [1.807, 2.05) is 36.4 Å². The molecular weight excluding hydrogens is 405 g/mol. The van der Waals surface area contributed by atoms with Crippen molar-refractivity contribution < 1.29 is 9.32 Å². The first kappa shape index (κ1) is 20.5. The van der Waals surface area contributed by atoms with Crippen molar-refractivity contribution in [1.82, 2.24) is 4.98 Å². The van der Waals surface area contributed by atoms with E-state index < -0.39 is 0 Å². The number of nitrogens with one attached hydrogen (secondary N) is 2. The van der Waals surface area contributed by atoms with Gasteiger partial charge in [0.25, 0.3) is 6.01 Å². The predicted octanol–water partition coefficient (Wildman–Crippen LogP) is 4.86. The lowest BCUT2D eigenvalue weighted by Crippen LogP contribution is -3.14. The lowest BCUT2D eigenvalue weighted by Gasteiger charge is -2.31. The van der Waals surface area contributed by atoms with Crippen LogP contribution in [-0.2, 0) is 6.42 Å². The van der Waals surface area contributed by atoms with Gasteiger partial charge in [0, 0.05) is 0 Å². The molecule has 4 nitrogen and oxygen atoms in total. The van der Waals surface area contributed by atoms with E-state index in [1.54, 1.807) is 4.90 Å². The number of quaternary nitrogens is 1. The van der Waals surface area contributed by atoms with E-state index in [2.05, 4.69) is 23.3 Å². The Balaban J connectivity index is 1.28. The molecule has 154 valence electrons. The van der Waals surface area contributed by atoms with Gasteiger partial charge in [-0.05, 0) is 61.4 Å². The number of para-hydroxylation sites is 2. The number of hydrogen-bond acceptors (Lipinski definition) is 3. The Labute approximate surface area is 182 Å². The van der Waals surface area contributed by atoms with Crippen LogP contribution >= 0.6 is 23.2 Å². The first-order valence-corrected chi connectivity index (χ1v) is 11.3. The van der Waals surface area contributed by atoms with Gasteiger partial charge in [0.1, 0.15) is 5.52 Å². The molecule has 0 radical (unpaired) electrons. The normalized spacial score (nSPS) is 20.7. The van der Waals surface area contributed by atoms with Gasteiger partial charge in [-0.25, -0.2) is 0 Å². The van der Waals surface area contributed by atoms with Crippen LogP contribution in [0.5, 0.6) is 0 Å². The first-order valence-electron chi connectivity index (χ1n) is 10.5. The molecule has 4 rings (SSSR count). The highest BCUT2D eigenvalue weighted by molar-refractivity contribution is 6.42. The second-order valence-corrected chi connectivity index (χ2v) is 8.90. The lowest BCUT2D eigenvalue weighted by atomic mass is 9.90. The molecule has 2 aromatic carbocycles. The fraction of sp³-hybridized carbons (Fsp3) is 0.435. The topological polar surface area (TPSA) is 42.5 Å². The molecule has 1 unspecified atom stereocenters. The van der Waals surface area contributed by atoms with Gasteiger partial charge in [0.15, 0.2) is 5.58 Å². The Morgan fingerprint density at radius 1 is 1.14 bits per heavy atom. The van der Waals surface area contributed by atoms with Crippen molar-refractivity contribution >= 4 is 40.3 Å². The molecule has 3 aromatic rings. The minimum Gasteiger partial charge on any atom is -0.424 e. The van der Waals surface area contributed by atoms with Crippen molar-refractivity contribution in [3.8, 4) is 0 Å². The van der Waals surface area contributed by atoms with Crippen LogP contribution in [0.15, 0.2) is 46.9 Å². The Hall–Kier alpha value is -1.75. The largest absolute Gasteiger partial charge is 0.424 e. The fourth-order valence-electron chi connectivity index (χ4n) is 4.25. The van der Waals surface area contributed by atoms with Crippen LogP contribution in [0, 0.1) is 5.92 Å². The maximum absolute atomic E-state index is 6.16. The lowest BCUT2D eigenvalue weighted by molar-refractivity contribution is -0.906. The number of likely N-dealkylation sites (tertiary alicyclic amines) is 1. The van der Waals surface area contributed by atoms with Crippen molar-refractivity contribution in [3.63, 3.8) is 0 Å². The Morgan fingerprint density at radius 2 is 1.93 bits per heavy atom. The summed E-state index contributed by atoms with van der Waals surface area (Å²) < 4.78 is 5.84. The third-order valence-corrected chi connectivity index (χ3v) is 6.71. The first-order chi connectivity index (χ1) is 14.1. The molecule has 0 aliphatic carbocycles. The number of hydrogen-bond donors (Lipinski definition) is 2. The van der Waals surface area contributed by atoms with E-state index in [0.717, 1.165) is 36.4 Å². The maximum Gasteiger partial charge on any atom is 0.296 e. The van der Waals surface area contributed by atoms with Crippen LogP contribution in [-0.4, -0.2) is 30.7 Å². The Kier molecular flexibility index (Phi) is 6.63. The summed E-state index contributed by atoms with van der Waals surface area (Å²) in [5.41, 5.74) is 3.03. The van der Waals surface area contributed by atoms with Gasteiger partial charge in [0.2, 0.25) is 0 Å². The standard InChI is InChI=1S/C23H27Cl2N3O/c1-2-18(26-23-27-21-5-3-4-6-22(21)29-23)15-28-11-9-16(10-12-28)13-17-7-8-19(24)20(25)14-17/h3-8,14,16,18H,2,9-13,15H2,1H3,(H,26,27)/p+1. The van der Waals surface area contributed by atoms with Crippen molar-refractivity contribution in [1.29, 1.82) is 0 Å². The third-order valence-electron chi connectivity index (χ3n) is 5.97. The maximum atomic E-state index is 6.16. The summed E-state index contributed by atoms with van der Waals surface area (Å²) in [6, 6.07) is 14.9. The molecule has 1 atom stereocenters. The van der Waals surface area contributed by atoms with Crippen LogP contribution in [0.4, 0.5) is 6.01 Å². The molecule has 6 heteroatoms. The molecule has 1 aliphatic heterocycles. The molecule has 0 bridgehead atoms. The predicted molar refractivity (Wildman–Crippen MR) is 120 cm³/mol. The second-order valence-electron chi connectivity index (χ2n) is 8.09. The van der Waals surface area contributed by atoms with Crippen LogP contribution in [0.25, 0.3) is 11.1 Å². The van der Waals surface area contributed by atoms with Crippen LogP contribution in [0.2, 0.25) is 10.0 Å². The highest BCUT2D eigenvalue weighted by Gasteiger charge is 2.25. The number of fused-ring (bicyclic) bond motifs is 1. The Morgan fingerprint density at radius 3 is 2.66 bits per heavy atom. The summed E-state index contributed by atoms with van der Waals surface area (Å²) in [6.07, 6.45) is 4.63. The molecule has 1 saturated heterocycles. The SMILES string of the molecule is CCC(C[NH+]1CCC(Cc2ccc(Cl)c(Cl)c2)CC1)Nc1nc2ccccc2o1. The van der Waals surface area contributed by atoms with Gasteiger partial charge in [-0.1, -0.05) is 48.3 Å². The van der Waals surface area contributed by atoms with E-state index in [0.29, 0.717) is 22.1 Å². The van der Waals surface area contributed by atoms with Crippen molar-refractivity contribution in [2.45, 2.75) is 38.6 Å². The fourth-order valence-corrected chi connectivity index (χ4v) is 4.57. The molecule has 2 heterocycles. The summed E-state index contributed by atoms with van der Waals surface area (Å²) in [6.45, 7) is 5.72. The van der Waals surface area contributed by atoms with Crippen molar-refractivity contribution in [2.24, 2.45) is 5.92 Å². The number of benzene rings is 2. The van der Waals surface area contributed by atoms with Crippen molar-refractivity contribution in [3.05, 3.63) is 58.1 Å². The van der Waals surface area contributed by atoms with E-state index in [-0.39, 0.29) is 0 Å². The average molecular weight is 433 g/mol. The van der Waals surface area contributed by atoms with Crippen LogP contribution in [0.1, 0.15) is 31.7 Å². The number of aromatic nitrogens is 1. The zero-order chi connectivity index (χ0) is 20.2. The summed E-state index contributed by atoms with van der Waals surface area (Å²) in [4.78, 5) is 6.22. The van der Waals surface area contributed by atoms with Gasteiger partial charge in [0.05, 0.1) is 35.7 Å². The van der Waals surface area contributed by atoms with Gasteiger partial charge in [-0.2, -0.15) is 4.98 Å². The van der Waals surface area contributed by atoms with E-state index in [9.17, 15) is 0 Å². The minimum absolute atomic E-state index is 0.365. The number of halogens is 2. The zero-order valence-corrected chi connectivity index (χ0v) is 18.3.